The zero-order valence-electron chi connectivity index (χ0n) is 10.2. The molecule has 0 saturated heterocycles. The molecule has 1 aromatic carbocycles. The van der Waals surface area contributed by atoms with Crippen LogP contribution in [0.2, 0.25) is 0 Å². The number of hydrogen-bond donors (Lipinski definition) is 1. The first-order valence-electron chi connectivity index (χ1n) is 5.91. The van der Waals surface area contributed by atoms with Crippen LogP contribution in [0.4, 0.5) is 0 Å². The number of rotatable bonds is 3. The van der Waals surface area contributed by atoms with E-state index in [1.807, 2.05) is 31.4 Å². The lowest BCUT2D eigenvalue weighted by Crippen LogP contribution is -2.08. The van der Waals surface area contributed by atoms with Gasteiger partial charge < -0.3 is 5.32 Å². The summed E-state index contributed by atoms with van der Waals surface area (Å²) in [4.78, 5) is 8.78. The molecule has 0 fully saturated rings. The van der Waals surface area contributed by atoms with Crippen molar-refractivity contribution in [2.75, 3.05) is 7.05 Å². The van der Waals surface area contributed by atoms with E-state index in [1.165, 1.54) is 0 Å². The van der Waals surface area contributed by atoms with Crippen LogP contribution in [-0.2, 0) is 6.54 Å². The van der Waals surface area contributed by atoms with E-state index in [0.717, 1.165) is 29.1 Å². The van der Waals surface area contributed by atoms with E-state index in [1.54, 1.807) is 12.4 Å². The first kappa shape index (κ1) is 10.9. The summed E-state index contributed by atoms with van der Waals surface area (Å²) >= 11 is 0. The van der Waals surface area contributed by atoms with Crippen molar-refractivity contribution in [1.29, 1.82) is 0 Å². The molecule has 0 amide bonds. The van der Waals surface area contributed by atoms with E-state index in [0.29, 0.717) is 0 Å². The number of aromatic nitrogens is 3. The van der Waals surface area contributed by atoms with E-state index in [-0.39, 0.29) is 0 Å². The van der Waals surface area contributed by atoms with Crippen LogP contribution in [-0.4, -0.2) is 21.4 Å². The van der Waals surface area contributed by atoms with Gasteiger partial charge in [-0.2, -0.15) is 0 Å². The summed E-state index contributed by atoms with van der Waals surface area (Å²) < 4.78 is 2.08. The SMILES string of the molecule is CNCc1c(-c2ccccc2)nc2cnccn12. The molecule has 2 heterocycles. The van der Waals surface area contributed by atoms with Crippen LogP contribution < -0.4 is 5.32 Å². The molecule has 90 valence electrons. The predicted molar refractivity (Wildman–Crippen MR) is 71.2 cm³/mol. The normalized spacial score (nSPS) is 10.9. The molecule has 0 aliphatic rings. The van der Waals surface area contributed by atoms with Crippen LogP contribution in [0.25, 0.3) is 16.9 Å². The lowest BCUT2D eigenvalue weighted by atomic mass is 10.1. The summed E-state index contributed by atoms with van der Waals surface area (Å²) in [5.41, 5.74) is 4.17. The number of imidazole rings is 1. The van der Waals surface area contributed by atoms with Crippen LogP contribution in [0.15, 0.2) is 48.9 Å². The third-order valence-electron chi connectivity index (χ3n) is 2.92. The molecule has 0 radical (unpaired) electrons. The maximum Gasteiger partial charge on any atom is 0.156 e. The fraction of sp³-hybridized carbons (Fsp3) is 0.143. The van der Waals surface area contributed by atoms with Gasteiger partial charge in [0, 0.05) is 24.5 Å². The maximum atomic E-state index is 4.66. The van der Waals surface area contributed by atoms with Gasteiger partial charge in [0.2, 0.25) is 0 Å². The summed E-state index contributed by atoms with van der Waals surface area (Å²) in [5.74, 6) is 0. The third-order valence-corrected chi connectivity index (χ3v) is 2.92. The summed E-state index contributed by atoms with van der Waals surface area (Å²) in [6.07, 6.45) is 5.51. The molecule has 0 spiro atoms. The molecule has 2 aromatic heterocycles. The van der Waals surface area contributed by atoms with Gasteiger partial charge in [-0.1, -0.05) is 30.3 Å². The standard InChI is InChI=1S/C14H14N4/c1-15-9-12-14(11-5-3-2-4-6-11)17-13-10-16-7-8-18(12)13/h2-8,10,15H,9H2,1H3. The zero-order valence-corrected chi connectivity index (χ0v) is 10.2. The fourth-order valence-electron chi connectivity index (χ4n) is 2.12. The molecular formula is C14H14N4. The highest BCUT2D eigenvalue weighted by atomic mass is 15.1. The molecule has 0 bridgehead atoms. The van der Waals surface area contributed by atoms with Crippen LogP contribution in [0.1, 0.15) is 5.69 Å². The van der Waals surface area contributed by atoms with E-state index in [4.69, 9.17) is 0 Å². The van der Waals surface area contributed by atoms with Crippen LogP contribution in [0.5, 0.6) is 0 Å². The molecule has 3 aromatic rings. The summed E-state index contributed by atoms with van der Waals surface area (Å²) in [6.45, 7) is 0.773. The second-order valence-corrected chi connectivity index (χ2v) is 4.11. The van der Waals surface area contributed by atoms with Gasteiger partial charge in [0.25, 0.3) is 0 Å². The fourth-order valence-corrected chi connectivity index (χ4v) is 2.12. The lowest BCUT2D eigenvalue weighted by molar-refractivity contribution is 0.783. The first-order valence-corrected chi connectivity index (χ1v) is 5.91. The van der Waals surface area contributed by atoms with Crippen molar-refractivity contribution in [2.45, 2.75) is 6.54 Å². The molecule has 0 unspecified atom stereocenters. The highest BCUT2D eigenvalue weighted by Gasteiger charge is 2.12. The second kappa shape index (κ2) is 4.58. The number of benzene rings is 1. The summed E-state index contributed by atoms with van der Waals surface area (Å²) in [5, 5.41) is 3.19. The van der Waals surface area contributed by atoms with Gasteiger partial charge in [-0.05, 0) is 7.05 Å². The number of nitrogens with zero attached hydrogens (tertiary/aromatic N) is 3. The molecule has 18 heavy (non-hydrogen) atoms. The van der Waals surface area contributed by atoms with Crippen molar-refractivity contribution < 1.29 is 0 Å². The van der Waals surface area contributed by atoms with E-state index < -0.39 is 0 Å². The smallest absolute Gasteiger partial charge is 0.156 e. The molecule has 0 saturated carbocycles. The van der Waals surface area contributed by atoms with E-state index >= 15 is 0 Å². The Morgan fingerprint density at radius 3 is 2.83 bits per heavy atom. The van der Waals surface area contributed by atoms with Crippen molar-refractivity contribution in [1.82, 2.24) is 19.7 Å². The average molecular weight is 238 g/mol. The van der Waals surface area contributed by atoms with Crippen molar-refractivity contribution in [3.8, 4) is 11.3 Å². The van der Waals surface area contributed by atoms with Crippen molar-refractivity contribution >= 4 is 5.65 Å². The predicted octanol–water partition coefficient (Wildman–Crippen LogP) is 2.12. The second-order valence-electron chi connectivity index (χ2n) is 4.11. The molecule has 4 heteroatoms. The van der Waals surface area contributed by atoms with Gasteiger partial charge in [0.15, 0.2) is 5.65 Å². The Labute approximate surface area is 105 Å². The quantitative estimate of drug-likeness (QED) is 0.760. The van der Waals surface area contributed by atoms with Crippen LogP contribution in [0, 0.1) is 0 Å². The van der Waals surface area contributed by atoms with Crippen molar-refractivity contribution in [3.63, 3.8) is 0 Å². The molecular weight excluding hydrogens is 224 g/mol. The minimum absolute atomic E-state index is 0.773. The van der Waals surface area contributed by atoms with Gasteiger partial charge >= 0.3 is 0 Å². The highest BCUT2D eigenvalue weighted by molar-refractivity contribution is 5.66. The summed E-state index contributed by atoms with van der Waals surface area (Å²) in [7, 11) is 1.94. The highest BCUT2D eigenvalue weighted by Crippen LogP contribution is 2.23. The summed E-state index contributed by atoms with van der Waals surface area (Å²) in [6, 6.07) is 10.2. The number of fused-ring (bicyclic) bond motifs is 1. The monoisotopic (exact) mass is 238 g/mol. The Morgan fingerprint density at radius 2 is 2.06 bits per heavy atom. The van der Waals surface area contributed by atoms with Crippen molar-refractivity contribution in [2.24, 2.45) is 0 Å². The Morgan fingerprint density at radius 1 is 1.22 bits per heavy atom. The topological polar surface area (TPSA) is 42.2 Å². The van der Waals surface area contributed by atoms with Crippen LogP contribution >= 0.6 is 0 Å². The molecule has 4 nitrogen and oxygen atoms in total. The largest absolute Gasteiger partial charge is 0.314 e. The Balaban J connectivity index is 2.25. The van der Waals surface area contributed by atoms with E-state index in [2.05, 4.69) is 31.8 Å². The van der Waals surface area contributed by atoms with Crippen molar-refractivity contribution in [3.05, 3.63) is 54.6 Å². The molecule has 0 aliphatic carbocycles. The van der Waals surface area contributed by atoms with Gasteiger partial charge in [0.05, 0.1) is 17.6 Å². The number of hydrogen-bond acceptors (Lipinski definition) is 3. The Bertz CT molecular complexity index is 658. The zero-order chi connectivity index (χ0) is 12.4. The minimum atomic E-state index is 0.773. The van der Waals surface area contributed by atoms with Gasteiger partial charge in [0.1, 0.15) is 0 Å². The van der Waals surface area contributed by atoms with Gasteiger partial charge in [-0.25, -0.2) is 4.98 Å². The lowest BCUT2D eigenvalue weighted by Gasteiger charge is -2.04. The molecule has 0 aliphatic heterocycles. The van der Waals surface area contributed by atoms with E-state index in [9.17, 15) is 0 Å². The first-order chi connectivity index (χ1) is 8.90. The number of nitrogens with one attached hydrogen (secondary N) is 1. The molecule has 3 rings (SSSR count). The average Bonchev–Trinajstić information content (AvgIpc) is 2.80. The molecule has 1 N–H and O–H groups in total. The third kappa shape index (κ3) is 1.76. The van der Waals surface area contributed by atoms with Gasteiger partial charge in [-0.3, -0.25) is 9.38 Å². The molecule has 0 atom stereocenters. The van der Waals surface area contributed by atoms with Crippen LogP contribution in [0.3, 0.4) is 0 Å². The minimum Gasteiger partial charge on any atom is -0.314 e. The van der Waals surface area contributed by atoms with Gasteiger partial charge in [-0.15, -0.1) is 0 Å². The Hall–Kier alpha value is -2.20. The Kier molecular flexibility index (Phi) is 2.78. The maximum absolute atomic E-state index is 4.66.